The Bertz CT molecular complexity index is 822. The molecule has 1 amide bonds. The summed E-state index contributed by atoms with van der Waals surface area (Å²) < 4.78 is 10.8. The molecule has 0 unspecified atom stereocenters. The van der Waals surface area contributed by atoms with Gasteiger partial charge in [0.15, 0.2) is 11.5 Å². The van der Waals surface area contributed by atoms with Gasteiger partial charge in [0, 0.05) is 26.1 Å². The number of halogens is 2. The van der Waals surface area contributed by atoms with E-state index in [0.29, 0.717) is 28.7 Å². The summed E-state index contributed by atoms with van der Waals surface area (Å²) >= 11 is 12.2. The van der Waals surface area contributed by atoms with E-state index in [1.165, 1.54) is 11.1 Å². The van der Waals surface area contributed by atoms with Crippen LogP contribution in [0.4, 0.5) is 5.69 Å². The summed E-state index contributed by atoms with van der Waals surface area (Å²) in [6.45, 7) is 2.32. The summed E-state index contributed by atoms with van der Waals surface area (Å²) in [6, 6.07) is 9.20. The number of anilines is 1. The van der Waals surface area contributed by atoms with Crippen LogP contribution in [0.5, 0.6) is 11.5 Å². The van der Waals surface area contributed by atoms with Gasteiger partial charge in [0.25, 0.3) is 0 Å². The molecule has 27 heavy (non-hydrogen) atoms. The van der Waals surface area contributed by atoms with Gasteiger partial charge in [-0.1, -0.05) is 29.3 Å². The lowest BCUT2D eigenvalue weighted by atomic mass is 9.98. The van der Waals surface area contributed by atoms with Crippen molar-refractivity contribution in [1.82, 2.24) is 4.90 Å². The average Bonchev–Trinajstić information content (AvgIpc) is 2.68. The molecule has 0 aliphatic carbocycles. The number of nitrogens with one attached hydrogen (secondary N) is 1. The number of hydrogen-bond acceptors (Lipinski definition) is 4. The van der Waals surface area contributed by atoms with Gasteiger partial charge in [-0.15, -0.1) is 0 Å². The number of carbonyl (C=O) groups excluding carboxylic acids is 1. The van der Waals surface area contributed by atoms with Gasteiger partial charge in [-0.3, -0.25) is 9.69 Å². The van der Waals surface area contributed by atoms with Gasteiger partial charge in [0.05, 0.1) is 30.0 Å². The van der Waals surface area contributed by atoms with E-state index in [1.54, 1.807) is 32.4 Å². The van der Waals surface area contributed by atoms with E-state index in [-0.39, 0.29) is 5.91 Å². The minimum absolute atomic E-state index is 0.108. The monoisotopic (exact) mass is 408 g/mol. The van der Waals surface area contributed by atoms with Crippen LogP contribution in [-0.4, -0.2) is 38.1 Å². The van der Waals surface area contributed by atoms with Gasteiger partial charge in [0.2, 0.25) is 5.91 Å². The maximum absolute atomic E-state index is 12.3. The van der Waals surface area contributed by atoms with E-state index < -0.39 is 0 Å². The molecule has 0 saturated heterocycles. The summed E-state index contributed by atoms with van der Waals surface area (Å²) in [7, 11) is 3.28. The highest BCUT2D eigenvalue weighted by atomic mass is 35.5. The molecule has 1 aliphatic heterocycles. The molecule has 3 rings (SSSR count). The van der Waals surface area contributed by atoms with Crippen molar-refractivity contribution >= 4 is 34.8 Å². The van der Waals surface area contributed by atoms with Gasteiger partial charge >= 0.3 is 0 Å². The first-order valence-corrected chi connectivity index (χ1v) is 9.47. The first kappa shape index (κ1) is 19.8. The Morgan fingerprint density at radius 3 is 2.37 bits per heavy atom. The van der Waals surface area contributed by atoms with Crippen LogP contribution >= 0.6 is 23.2 Å². The Hall–Kier alpha value is -1.95. The van der Waals surface area contributed by atoms with Gasteiger partial charge in [-0.25, -0.2) is 0 Å². The van der Waals surface area contributed by atoms with Gasteiger partial charge < -0.3 is 14.8 Å². The minimum atomic E-state index is -0.108. The quantitative estimate of drug-likeness (QED) is 0.769. The van der Waals surface area contributed by atoms with Crippen molar-refractivity contribution in [3.05, 3.63) is 51.5 Å². The molecule has 0 aromatic heterocycles. The Balaban J connectivity index is 1.59. The molecule has 0 radical (unpaired) electrons. The fourth-order valence-electron chi connectivity index (χ4n) is 3.21. The van der Waals surface area contributed by atoms with Crippen molar-refractivity contribution in [3.63, 3.8) is 0 Å². The summed E-state index contributed by atoms with van der Waals surface area (Å²) in [5.74, 6) is 1.37. The molecule has 1 heterocycles. The zero-order valence-electron chi connectivity index (χ0n) is 15.4. The smallest absolute Gasteiger partial charge is 0.225 e. The fourth-order valence-corrected chi connectivity index (χ4v) is 3.70. The summed E-state index contributed by atoms with van der Waals surface area (Å²) in [6.07, 6.45) is 1.28. The van der Waals surface area contributed by atoms with Crippen LogP contribution in [0.1, 0.15) is 17.5 Å². The third-order valence-electron chi connectivity index (χ3n) is 4.68. The number of amides is 1. The van der Waals surface area contributed by atoms with Crippen LogP contribution in [-0.2, 0) is 17.8 Å². The van der Waals surface area contributed by atoms with Crippen LogP contribution in [0.2, 0.25) is 10.0 Å². The van der Waals surface area contributed by atoms with Crippen molar-refractivity contribution in [2.24, 2.45) is 0 Å². The second-order valence-electron chi connectivity index (χ2n) is 6.40. The first-order valence-electron chi connectivity index (χ1n) is 8.71. The highest BCUT2D eigenvalue weighted by Crippen LogP contribution is 2.33. The molecule has 1 N–H and O–H groups in total. The Morgan fingerprint density at radius 1 is 1.11 bits per heavy atom. The lowest BCUT2D eigenvalue weighted by Crippen LogP contribution is -2.33. The lowest BCUT2D eigenvalue weighted by Gasteiger charge is -2.29. The largest absolute Gasteiger partial charge is 0.493 e. The number of carbonyl (C=O) groups is 1. The Morgan fingerprint density at radius 2 is 1.74 bits per heavy atom. The predicted molar refractivity (Wildman–Crippen MR) is 108 cm³/mol. The SMILES string of the molecule is COc1cc2c(cc1OC)CN(CCC(=O)Nc1c(Cl)cccc1Cl)CC2. The van der Waals surface area contributed by atoms with E-state index in [4.69, 9.17) is 32.7 Å². The highest BCUT2D eigenvalue weighted by molar-refractivity contribution is 6.39. The minimum Gasteiger partial charge on any atom is -0.493 e. The van der Waals surface area contributed by atoms with Crippen molar-refractivity contribution in [2.45, 2.75) is 19.4 Å². The maximum Gasteiger partial charge on any atom is 0.225 e. The van der Waals surface area contributed by atoms with Crippen molar-refractivity contribution < 1.29 is 14.3 Å². The molecule has 0 atom stereocenters. The highest BCUT2D eigenvalue weighted by Gasteiger charge is 2.20. The van der Waals surface area contributed by atoms with Crippen molar-refractivity contribution in [3.8, 4) is 11.5 Å². The van der Waals surface area contributed by atoms with Crippen LogP contribution in [0.25, 0.3) is 0 Å². The van der Waals surface area contributed by atoms with Gasteiger partial charge in [-0.05, 0) is 41.8 Å². The second kappa shape index (κ2) is 8.83. The Kier molecular flexibility index (Phi) is 6.47. The summed E-state index contributed by atoms with van der Waals surface area (Å²) in [5, 5.41) is 3.67. The molecule has 2 aromatic carbocycles. The van der Waals surface area contributed by atoms with Crippen LogP contribution in [0.3, 0.4) is 0 Å². The number of para-hydroxylation sites is 1. The van der Waals surface area contributed by atoms with E-state index in [2.05, 4.69) is 10.2 Å². The molecule has 0 bridgehead atoms. The molecule has 144 valence electrons. The second-order valence-corrected chi connectivity index (χ2v) is 7.21. The van der Waals surface area contributed by atoms with Crippen LogP contribution in [0.15, 0.2) is 30.3 Å². The zero-order valence-corrected chi connectivity index (χ0v) is 16.9. The number of benzene rings is 2. The summed E-state index contributed by atoms with van der Waals surface area (Å²) in [5.41, 5.74) is 2.93. The van der Waals surface area contributed by atoms with E-state index in [1.807, 2.05) is 12.1 Å². The topological polar surface area (TPSA) is 50.8 Å². The molecule has 0 saturated carbocycles. The molecule has 7 heteroatoms. The predicted octanol–water partition coefficient (Wildman–Crippen LogP) is 4.40. The van der Waals surface area contributed by atoms with E-state index >= 15 is 0 Å². The van der Waals surface area contributed by atoms with E-state index in [9.17, 15) is 4.79 Å². The number of rotatable bonds is 6. The third-order valence-corrected chi connectivity index (χ3v) is 5.31. The Labute approximate surface area is 169 Å². The zero-order chi connectivity index (χ0) is 19.4. The van der Waals surface area contributed by atoms with Gasteiger partial charge in [0.1, 0.15) is 0 Å². The molecule has 2 aromatic rings. The van der Waals surface area contributed by atoms with Gasteiger partial charge in [-0.2, -0.15) is 0 Å². The molecule has 0 spiro atoms. The number of hydrogen-bond donors (Lipinski definition) is 1. The van der Waals surface area contributed by atoms with Crippen molar-refractivity contribution in [1.29, 1.82) is 0 Å². The molecular weight excluding hydrogens is 387 g/mol. The molecule has 5 nitrogen and oxygen atoms in total. The standard InChI is InChI=1S/C20H22Cl2N2O3/c1-26-17-10-13-6-8-24(12-14(13)11-18(17)27-2)9-7-19(25)23-20-15(21)4-3-5-16(20)22/h3-5,10-11H,6-9,12H2,1-2H3,(H,23,25). The number of nitrogens with zero attached hydrogens (tertiary/aromatic N) is 1. The molecule has 1 aliphatic rings. The van der Waals surface area contributed by atoms with E-state index in [0.717, 1.165) is 31.0 Å². The lowest BCUT2D eigenvalue weighted by molar-refractivity contribution is -0.116. The maximum atomic E-state index is 12.3. The van der Waals surface area contributed by atoms with Crippen molar-refractivity contribution in [2.75, 3.05) is 32.6 Å². The molecule has 0 fully saturated rings. The number of methoxy groups -OCH3 is 2. The number of ether oxygens (including phenoxy) is 2. The van der Waals surface area contributed by atoms with Crippen LogP contribution < -0.4 is 14.8 Å². The third kappa shape index (κ3) is 4.67. The summed E-state index contributed by atoms with van der Waals surface area (Å²) in [4.78, 5) is 14.5. The first-order chi connectivity index (χ1) is 13.0. The number of fused-ring (bicyclic) bond motifs is 1. The average molecular weight is 409 g/mol. The van der Waals surface area contributed by atoms with Crippen LogP contribution in [0, 0.1) is 0 Å². The fraction of sp³-hybridized carbons (Fsp3) is 0.350. The normalized spacial score (nSPS) is 13.8. The molecular formula is C20H22Cl2N2O3.